The van der Waals surface area contributed by atoms with Crippen LogP contribution in [0, 0.1) is 0 Å². The standard InChI is InChI=1S/C19H19N3O4/c1-24-11-9-22-18(12-6-3-4-7-13(12)25-2)15-16(14-8-5-10-26-14)20-21-17(15)19(22)23/h3-8,10,18H,9,11H2,1-2H3,(H,20,21)/t18-/m1/s1. The molecule has 1 aromatic carbocycles. The maximum Gasteiger partial charge on any atom is 0.275 e. The van der Waals surface area contributed by atoms with Crippen molar-refractivity contribution in [1.29, 1.82) is 0 Å². The topological polar surface area (TPSA) is 80.6 Å². The lowest BCUT2D eigenvalue weighted by Crippen LogP contribution is -2.32. The van der Waals surface area contributed by atoms with Crippen molar-refractivity contribution in [3.63, 3.8) is 0 Å². The van der Waals surface area contributed by atoms with E-state index in [1.807, 2.05) is 30.3 Å². The van der Waals surface area contributed by atoms with Crippen LogP contribution < -0.4 is 4.74 Å². The number of benzene rings is 1. The highest BCUT2D eigenvalue weighted by Crippen LogP contribution is 2.45. The Kier molecular flexibility index (Phi) is 4.22. The Balaban J connectivity index is 1.89. The van der Waals surface area contributed by atoms with Gasteiger partial charge in [0.05, 0.1) is 26.0 Å². The molecule has 1 atom stereocenters. The van der Waals surface area contributed by atoms with Crippen molar-refractivity contribution >= 4 is 5.91 Å². The normalized spacial score (nSPS) is 16.2. The number of ether oxygens (including phenoxy) is 2. The first-order valence-corrected chi connectivity index (χ1v) is 8.31. The third-order valence-corrected chi connectivity index (χ3v) is 4.59. The molecule has 2 aromatic heterocycles. The summed E-state index contributed by atoms with van der Waals surface area (Å²) in [7, 11) is 3.24. The Hall–Kier alpha value is -3.06. The third kappa shape index (κ3) is 2.48. The first kappa shape index (κ1) is 16.4. The van der Waals surface area contributed by atoms with Crippen molar-refractivity contribution in [2.75, 3.05) is 27.4 Å². The van der Waals surface area contributed by atoms with Crippen LogP contribution in [0.3, 0.4) is 0 Å². The number of carbonyl (C=O) groups is 1. The summed E-state index contributed by atoms with van der Waals surface area (Å²) >= 11 is 0. The van der Waals surface area contributed by atoms with Gasteiger partial charge in [0.25, 0.3) is 5.91 Å². The number of fused-ring (bicyclic) bond motifs is 1. The quantitative estimate of drug-likeness (QED) is 0.737. The first-order valence-electron chi connectivity index (χ1n) is 8.31. The van der Waals surface area contributed by atoms with Gasteiger partial charge in [-0.05, 0) is 18.2 Å². The van der Waals surface area contributed by atoms with Gasteiger partial charge in [-0.2, -0.15) is 5.10 Å². The van der Waals surface area contributed by atoms with Crippen molar-refractivity contribution in [2.24, 2.45) is 0 Å². The van der Waals surface area contributed by atoms with Gasteiger partial charge in [0, 0.05) is 24.8 Å². The maximum atomic E-state index is 13.0. The molecule has 0 bridgehead atoms. The molecule has 0 unspecified atom stereocenters. The number of aromatic nitrogens is 2. The lowest BCUT2D eigenvalue weighted by Gasteiger charge is -2.27. The molecule has 7 heteroatoms. The number of hydrogen-bond donors (Lipinski definition) is 1. The smallest absolute Gasteiger partial charge is 0.275 e. The van der Waals surface area contributed by atoms with Gasteiger partial charge in [0.1, 0.15) is 11.4 Å². The van der Waals surface area contributed by atoms with Gasteiger partial charge in [-0.1, -0.05) is 18.2 Å². The number of aromatic amines is 1. The molecule has 3 aromatic rings. The van der Waals surface area contributed by atoms with E-state index >= 15 is 0 Å². The van der Waals surface area contributed by atoms with Crippen LogP contribution in [-0.4, -0.2) is 48.4 Å². The number of H-pyrrole nitrogens is 1. The molecule has 1 aliphatic rings. The van der Waals surface area contributed by atoms with Crippen LogP contribution in [0.2, 0.25) is 0 Å². The fourth-order valence-electron chi connectivity index (χ4n) is 3.43. The van der Waals surface area contributed by atoms with Crippen molar-refractivity contribution < 1.29 is 18.7 Å². The molecule has 0 spiro atoms. The maximum absolute atomic E-state index is 13.0. The average Bonchev–Trinajstić information content (AvgIpc) is 3.38. The first-order chi connectivity index (χ1) is 12.8. The molecule has 4 rings (SSSR count). The minimum atomic E-state index is -0.331. The van der Waals surface area contributed by atoms with Gasteiger partial charge in [0.15, 0.2) is 11.5 Å². The second kappa shape index (κ2) is 6.68. The molecule has 134 valence electrons. The van der Waals surface area contributed by atoms with Gasteiger partial charge in [-0.25, -0.2) is 0 Å². The summed E-state index contributed by atoms with van der Waals surface area (Å²) in [5, 5.41) is 7.23. The number of amides is 1. The molecule has 7 nitrogen and oxygen atoms in total. The lowest BCUT2D eigenvalue weighted by atomic mass is 9.97. The summed E-state index contributed by atoms with van der Waals surface area (Å²) < 4.78 is 16.3. The van der Waals surface area contributed by atoms with E-state index in [1.54, 1.807) is 31.4 Å². The molecular weight excluding hydrogens is 334 g/mol. The Labute approximate surface area is 150 Å². The van der Waals surface area contributed by atoms with Crippen LogP contribution in [0.4, 0.5) is 0 Å². The molecular formula is C19H19N3O4. The van der Waals surface area contributed by atoms with Crippen LogP contribution >= 0.6 is 0 Å². The minimum absolute atomic E-state index is 0.137. The highest BCUT2D eigenvalue weighted by atomic mass is 16.5. The highest BCUT2D eigenvalue weighted by molar-refractivity contribution is 6.00. The predicted molar refractivity (Wildman–Crippen MR) is 94.0 cm³/mol. The van der Waals surface area contributed by atoms with Crippen LogP contribution in [0.15, 0.2) is 47.1 Å². The van der Waals surface area contributed by atoms with E-state index in [9.17, 15) is 4.79 Å². The molecule has 26 heavy (non-hydrogen) atoms. The molecule has 0 saturated carbocycles. The number of hydrogen-bond acceptors (Lipinski definition) is 5. The number of para-hydroxylation sites is 1. The predicted octanol–water partition coefficient (Wildman–Crippen LogP) is 2.87. The molecule has 1 amide bonds. The fraction of sp³-hybridized carbons (Fsp3) is 0.263. The Morgan fingerprint density at radius 1 is 1.23 bits per heavy atom. The molecule has 1 N–H and O–H groups in total. The van der Waals surface area contributed by atoms with E-state index < -0.39 is 0 Å². The number of nitrogens with zero attached hydrogens (tertiary/aromatic N) is 2. The Morgan fingerprint density at radius 2 is 2.08 bits per heavy atom. The zero-order valence-corrected chi connectivity index (χ0v) is 14.6. The fourth-order valence-corrected chi connectivity index (χ4v) is 3.43. The van der Waals surface area contributed by atoms with Crippen molar-refractivity contribution in [3.05, 3.63) is 59.5 Å². The number of carbonyl (C=O) groups excluding carboxylic acids is 1. The van der Waals surface area contributed by atoms with Crippen LogP contribution in [0.25, 0.3) is 11.5 Å². The third-order valence-electron chi connectivity index (χ3n) is 4.59. The van der Waals surface area contributed by atoms with Crippen molar-refractivity contribution in [3.8, 4) is 17.2 Å². The van der Waals surface area contributed by atoms with Crippen LogP contribution in [0.1, 0.15) is 27.7 Å². The summed E-state index contributed by atoms with van der Waals surface area (Å²) in [6.07, 6.45) is 1.60. The molecule has 0 fully saturated rings. The summed E-state index contributed by atoms with van der Waals surface area (Å²) in [6, 6.07) is 11.0. The number of methoxy groups -OCH3 is 2. The monoisotopic (exact) mass is 353 g/mol. The zero-order chi connectivity index (χ0) is 18.1. The van der Waals surface area contributed by atoms with Crippen LogP contribution in [0.5, 0.6) is 5.75 Å². The van der Waals surface area contributed by atoms with Gasteiger partial charge < -0.3 is 18.8 Å². The number of nitrogens with one attached hydrogen (secondary N) is 1. The minimum Gasteiger partial charge on any atom is -0.496 e. The Bertz CT molecular complexity index is 917. The number of furan rings is 1. The summed E-state index contributed by atoms with van der Waals surface area (Å²) in [5.74, 6) is 1.22. The lowest BCUT2D eigenvalue weighted by molar-refractivity contribution is 0.0675. The van der Waals surface area contributed by atoms with Gasteiger partial charge in [-0.15, -0.1) is 0 Å². The average molecular weight is 353 g/mol. The highest BCUT2D eigenvalue weighted by Gasteiger charge is 2.43. The number of rotatable bonds is 6. The van der Waals surface area contributed by atoms with Gasteiger partial charge in [-0.3, -0.25) is 9.89 Å². The molecule has 0 aliphatic carbocycles. The van der Waals surface area contributed by atoms with Crippen molar-refractivity contribution in [1.82, 2.24) is 15.1 Å². The molecule has 3 heterocycles. The van der Waals surface area contributed by atoms with E-state index in [-0.39, 0.29) is 11.9 Å². The largest absolute Gasteiger partial charge is 0.496 e. The molecule has 0 radical (unpaired) electrons. The summed E-state index contributed by atoms with van der Waals surface area (Å²) in [6.45, 7) is 0.882. The SMILES string of the molecule is COCCN1C(=O)c2n[nH]c(-c3ccco3)c2[C@H]1c1ccccc1OC. The summed E-state index contributed by atoms with van der Waals surface area (Å²) in [5.41, 5.74) is 2.80. The summed E-state index contributed by atoms with van der Waals surface area (Å²) in [4.78, 5) is 14.7. The zero-order valence-electron chi connectivity index (χ0n) is 14.6. The van der Waals surface area contributed by atoms with Gasteiger partial charge in [0.2, 0.25) is 0 Å². The van der Waals surface area contributed by atoms with E-state index in [0.717, 1.165) is 11.1 Å². The second-order valence-corrected chi connectivity index (χ2v) is 5.97. The molecule has 1 aliphatic heterocycles. The Morgan fingerprint density at radius 3 is 2.81 bits per heavy atom. The van der Waals surface area contributed by atoms with E-state index in [0.29, 0.717) is 36.0 Å². The van der Waals surface area contributed by atoms with E-state index in [4.69, 9.17) is 13.9 Å². The van der Waals surface area contributed by atoms with Gasteiger partial charge >= 0.3 is 0 Å². The van der Waals surface area contributed by atoms with Crippen molar-refractivity contribution in [2.45, 2.75) is 6.04 Å². The second-order valence-electron chi connectivity index (χ2n) is 5.97. The van der Waals surface area contributed by atoms with E-state index in [1.165, 1.54) is 0 Å². The van der Waals surface area contributed by atoms with E-state index in [2.05, 4.69) is 10.2 Å². The molecule has 0 saturated heterocycles. The van der Waals surface area contributed by atoms with Crippen LogP contribution in [-0.2, 0) is 4.74 Å².